The minimum atomic E-state index is 0. The van der Waals surface area contributed by atoms with Crippen LogP contribution < -0.4 is 22.8 Å². The second-order valence-electron chi connectivity index (χ2n) is 27.5. The number of allylic oxidation sites excluding steroid dienone is 25. The fourth-order valence-electron chi connectivity index (χ4n) is 20.4. The Morgan fingerprint density at radius 1 is 0.337 bits per heavy atom. The van der Waals surface area contributed by atoms with Gasteiger partial charge in [-0.2, -0.15) is 22.8 Å². The molecule has 0 saturated heterocycles. The van der Waals surface area contributed by atoms with E-state index in [0.29, 0.717) is 30.2 Å². The van der Waals surface area contributed by atoms with Gasteiger partial charge < -0.3 is 37.1 Å². The molecule has 0 radical (unpaired) electrons. The molecule has 0 N–H and O–H groups in total. The van der Waals surface area contributed by atoms with Crippen molar-refractivity contribution < 1.29 is 128 Å². The van der Waals surface area contributed by atoms with Gasteiger partial charge in [0.15, 0.2) is 59.7 Å². The van der Waals surface area contributed by atoms with Crippen LogP contribution >= 0.6 is 0 Å². The smallest absolute Gasteiger partial charge is 0.214 e. The molecule has 25 rings (SSSR count). The molecule has 12 heterocycles. The van der Waals surface area contributed by atoms with Gasteiger partial charge in [0.05, 0.1) is 6.42 Å². The van der Waals surface area contributed by atoms with Gasteiger partial charge in [0, 0.05) is 264 Å². The van der Waals surface area contributed by atoms with Gasteiger partial charge in [0.25, 0.3) is 0 Å². The van der Waals surface area contributed by atoms with Crippen LogP contribution in [-0.2, 0) is 150 Å². The Bertz CT molecular complexity index is 4680. The van der Waals surface area contributed by atoms with Crippen molar-refractivity contribution in [2.75, 3.05) is 0 Å². The van der Waals surface area contributed by atoms with Gasteiger partial charge in [-0.25, -0.2) is 0 Å². The standard InChI is InChI=1S/5C16H14N.5CH3.5W/c1-3-10-9-11-7-8-15-13-5-2-6-14(13)16(17(11)15)12(10)4-1;1-3-10-9-16-13-6-2-5-12(13)15-8-7-14(17(15)16)11(10)4-1;1-2-10-5-8-14-12-7-4-11-6-9-15(16(11)12)17(14)13(10)3-1;1-2-11-8-15-13-6-4-10-5-7-14(16(10)13)17(15)9-12(11)3-1;1-2-10-8-9-17-14-7-5-11-4-6-13(15(11)14)16(17)12(10)3-1;;;;;;;;;;/h1-3,5,9,15H,4,6-8H2;1-2,4-5,9,15H,3,6-8H2;1-2,4-5,8,15H,3,6-7,9H2;1,3-4,8-9,14H,2,5-7H2;1-2,4,8-9,14H,3,5-7H2;5*1H3;;;;;/q5*+1;5*-1;;;;;. The molecule has 5 aromatic rings. The molecule has 95 heavy (non-hydrogen) atoms. The maximum atomic E-state index is 2.64. The molecule has 7 aliphatic heterocycles. The largest absolute Gasteiger partial charge is 0.358 e. The number of hydrogen-bond donors (Lipinski definition) is 0. The summed E-state index contributed by atoms with van der Waals surface area (Å²) in [4.78, 5) is 0. The van der Waals surface area contributed by atoms with Crippen molar-refractivity contribution in [3.05, 3.63) is 299 Å². The maximum absolute atomic E-state index is 2.64. The number of pyridine rings is 5. The zero-order chi connectivity index (χ0) is 54.9. The van der Waals surface area contributed by atoms with E-state index in [1.54, 1.807) is 118 Å². The first-order valence-corrected chi connectivity index (χ1v) is 33.0. The molecule has 10 heteroatoms. The first-order valence-electron chi connectivity index (χ1n) is 33.0. The minimum absolute atomic E-state index is 0. The molecule has 3 fully saturated rings. The third-order valence-corrected chi connectivity index (χ3v) is 23.8. The van der Waals surface area contributed by atoms with E-state index < -0.39 is 0 Å². The summed E-state index contributed by atoms with van der Waals surface area (Å²) < 4.78 is 13.0. The Morgan fingerprint density at radius 2 is 0.874 bits per heavy atom. The first kappa shape index (κ1) is 71.6. The van der Waals surface area contributed by atoms with Gasteiger partial charge in [0.2, 0.25) is 28.5 Å². The summed E-state index contributed by atoms with van der Waals surface area (Å²) in [6.07, 6.45) is 68.9. The van der Waals surface area contributed by atoms with Gasteiger partial charge in [0.1, 0.15) is 0 Å². The van der Waals surface area contributed by atoms with E-state index in [-0.39, 0.29) is 142 Å². The topological polar surface area (TPSA) is 19.4 Å². The normalized spacial score (nSPS) is 23.4. The molecule has 480 valence electrons. The summed E-state index contributed by atoms with van der Waals surface area (Å²) in [6.45, 7) is 0. The molecular formula is C85H85N5W5. The zero-order valence-electron chi connectivity index (χ0n) is 55.7. The third kappa shape index (κ3) is 10.1. The second kappa shape index (κ2) is 27.1. The molecule has 20 aliphatic rings. The van der Waals surface area contributed by atoms with Gasteiger partial charge in [-0.1, -0.05) is 103 Å². The summed E-state index contributed by atoms with van der Waals surface area (Å²) >= 11 is 0. The van der Waals surface area contributed by atoms with Gasteiger partial charge in [-0.15, -0.1) is 0 Å². The van der Waals surface area contributed by atoms with Crippen LogP contribution in [0.15, 0.2) is 166 Å². The van der Waals surface area contributed by atoms with Crippen molar-refractivity contribution in [3.63, 3.8) is 0 Å². The summed E-state index contributed by atoms with van der Waals surface area (Å²) in [5.41, 5.74) is 47.2. The van der Waals surface area contributed by atoms with Gasteiger partial charge in [-0.05, 0) is 122 Å². The average molecular weight is 2100 g/mol. The molecule has 3 saturated carbocycles. The predicted molar refractivity (Wildman–Crippen MR) is 369 cm³/mol. The van der Waals surface area contributed by atoms with E-state index in [1.807, 2.05) is 0 Å². The van der Waals surface area contributed by atoms with Crippen molar-refractivity contribution in [3.8, 4) is 0 Å². The number of hydrogen-bond acceptors (Lipinski definition) is 0. The molecule has 0 amide bonds. The van der Waals surface area contributed by atoms with E-state index >= 15 is 0 Å². The summed E-state index contributed by atoms with van der Waals surface area (Å²) in [5.74, 6) is 0. The van der Waals surface area contributed by atoms with Crippen LogP contribution in [0.2, 0.25) is 0 Å². The van der Waals surface area contributed by atoms with Crippen LogP contribution in [0.25, 0.3) is 58.2 Å². The third-order valence-electron chi connectivity index (χ3n) is 23.8. The summed E-state index contributed by atoms with van der Waals surface area (Å²) in [5, 5.41) is 0. The van der Waals surface area contributed by atoms with Crippen LogP contribution in [0, 0.1) is 37.1 Å². The first-order chi connectivity index (χ1) is 42.1. The maximum Gasteiger partial charge on any atom is 0.214 e. The molecule has 5 atom stereocenters. The molecule has 0 spiro atoms. The Balaban J connectivity index is 0.000000118. The Labute approximate surface area is 637 Å². The predicted octanol–water partition coefficient (Wildman–Crippen LogP) is 16.7. The second-order valence-corrected chi connectivity index (χ2v) is 27.5. The number of aromatic nitrogens is 5. The molecular weight excluding hydrogens is 2010 g/mol. The van der Waals surface area contributed by atoms with E-state index in [2.05, 4.69) is 175 Å². The zero-order valence-corrected chi connectivity index (χ0v) is 70.4. The Kier molecular flexibility index (Phi) is 20.4. The SMILES string of the molecule is C1=CC2=C(C1)c1c3c(cc4[n+]1C2CC4)C=CC3.C1=CC2=C(C1)c1cc3c(c4[n+]1C2CC4)C=CC3.C1=Cc2c[n+]3c(cc2C1)C1=C2C(=CC1)CCC23.C1=Cc2cc[n+]3c(c2C1)C1=C2C(=CC1)CCC23.C1=Cc2ccc3[n+](c2C1)C1CCC2=CCC3=C21.[CH3-].[CH3-].[CH3-].[CH3-].[CH3-].[W].[W].[W].[W].[W]. The molecule has 13 aliphatic carbocycles. The van der Waals surface area contributed by atoms with Crippen LogP contribution in [-0.4, -0.2) is 0 Å². The van der Waals surface area contributed by atoms with E-state index in [0.717, 1.165) is 44.9 Å². The minimum Gasteiger partial charge on any atom is -0.358 e. The van der Waals surface area contributed by atoms with Crippen molar-refractivity contribution in [1.82, 2.24) is 0 Å². The van der Waals surface area contributed by atoms with E-state index in [1.165, 1.54) is 134 Å². The number of aryl methyl sites for hydroxylation is 1. The Hall–Kier alpha value is -4.71. The van der Waals surface area contributed by atoms with Crippen LogP contribution in [0.4, 0.5) is 0 Å². The number of nitrogens with zero attached hydrogens (tertiary/aromatic N) is 5. The number of fused-ring (bicyclic) bond motifs is 22. The number of rotatable bonds is 0. The average Bonchev–Trinajstić information content (AvgIpc) is 1.60. The molecule has 0 aromatic carbocycles. The van der Waals surface area contributed by atoms with Crippen LogP contribution in [0.5, 0.6) is 0 Å². The van der Waals surface area contributed by atoms with Crippen molar-refractivity contribution in [1.29, 1.82) is 0 Å². The van der Waals surface area contributed by atoms with E-state index in [4.69, 9.17) is 0 Å². The van der Waals surface area contributed by atoms with Crippen LogP contribution in [0.3, 0.4) is 0 Å². The van der Waals surface area contributed by atoms with Gasteiger partial charge in [-0.3, -0.25) is 0 Å². The summed E-state index contributed by atoms with van der Waals surface area (Å²) in [7, 11) is 0. The molecule has 5 unspecified atom stereocenters. The molecule has 5 aromatic heterocycles. The molecule has 5 nitrogen and oxygen atoms in total. The fraction of sp³-hybridized carbons (Fsp3) is 0.294. The fourth-order valence-corrected chi connectivity index (χ4v) is 20.4. The van der Waals surface area contributed by atoms with Crippen molar-refractivity contribution in [2.45, 2.75) is 159 Å². The van der Waals surface area contributed by atoms with Crippen molar-refractivity contribution in [2.24, 2.45) is 0 Å². The summed E-state index contributed by atoms with van der Waals surface area (Å²) in [6, 6.07) is 17.6. The monoisotopic (exact) mass is 2100 g/mol. The quantitative estimate of drug-likeness (QED) is 0.109. The molecule has 0 bridgehead atoms. The van der Waals surface area contributed by atoms with Gasteiger partial charge >= 0.3 is 0 Å². The van der Waals surface area contributed by atoms with Crippen molar-refractivity contribution >= 4 is 58.2 Å². The van der Waals surface area contributed by atoms with Crippen LogP contribution in [0.1, 0.15) is 209 Å². The Morgan fingerprint density at radius 3 is 1.64 bits per heavy atom. The van der Waals surface area contributed by atoms with E-state index in [9.17, 15) is 0 Å².